The zero-order valence-electron chi connectivity index (χ0n) is 15.2. The van der Waals surface area contributed by atoms with Crippen LogP contribution in [0.4, 0.5) is 5.69 Å². The van der Waals surface area contributed by atoms with Gasteiger partial charge < -0.3 is 0 Å². The van der Waals surface area contributed by atoms with Gasteiger partial charge in [0.2, 0.25) is 0 Å². The van der Waals surface area contributed by atoms with E-state index in [2.05, 4.69) is 112 Å². The molecular formula is C24H21CrNO. The van der Waals surface area contributed by atoms with Crippen LogP contribution in [-0.4, -0.2) is 11.7 Å². The molecule has 2 nitrogen and oxygen atoms in total. The van der Waals surface area contributed by atoms with Crippen molar-refractivity contribution in [1.82, 2.24) is 0 Å². The maximum absolute atomic E-state index is 5.62. The van der Waals surface area contributed by atoms with Crippen LogP contribution < -0.4 is 4.90 Å². The molecule has 4 rings (SSSR count). The molecule has 0 aromatic heterocycles. The Labute approximate surface area is 168 Å². The van der Waals surface area contributed by atoms with E-state index in [1.54, 1.807) is 7.11 Å². The van der Waals surface area contributed by atoms with Gasteiger partial charge in [-0.1, -0.05) is 0 Å². The molecule has 1 aliphatic heterocycles. The van der Waals surface area contributed by atoms with Crippen molar-refractivity contribution in [1.29, 1.82) is 0 Å². The number of benzene rings is 3. The fourth-order valence-corrected chi connectivity index (χ4v) is 3.93. The van der Waals surface area contributed by atoms with Crippen LogP contribution in [0, 0.1) is 0 Å². The fourth-order valence-electron chi connectivity index (χ4n) is 3.66. The number of nitrogens with zero attached hydrogens (tertiary/aromatic N) is 1. The summed E-state index contributed by atoms with van der Waals surface area (Å²) in [7, 11) is 1.72. The van der Waals surface area contributed by atoms with Crippen molar-refractivity contribution in [2.24, 2.45) is 0 Å². The van der Waals surface area contributed by atoms with Gasteiger partial charge in [0.15, 0.2) is 0 Å². The first-order chi connectivity index (χ1) is 13.3. The van der Waals surface area contributed by atoms with Gasteiger partial charge in [0.25, 0.3) is 0 Å². The summed E-state index contributed by atoms with van der Waals surface area (Å²) < 4.78 is 6.45. The molecule has 0 fully saturated rings. The second-order valence-electron chi connectivity index (χ2n) is 6.58. The van der Waals surface area contributed by atoms with E-state index in [-0.39, 0.29) is 6.04 Å². The van der Waals surface area contributed by atoms with Crippen LogP contribution in [-0.2, 0) is 27.1 Å². The van der Waals surface area contributed by atoms with E-state index >= 15 is 0 Å². The van der Waals surface area contributed by atoms with Crippen molar-refractivity contribution in [2.45, 2.75) is 12.6 Å². The first-order valence-electron chi connectivity index (χ1n) is 9.02. The van der Waals surface area contributed by atoms with Crippen molar-refractivity contribution in [3.8, 4) is 0 Å². The van der Waals surface area contributed by atoms with Crippen molar-refractivity contribution in [2.75, 3.05) is 12.0 Å². The second-order valence-corrected chi connectivity index (χ2v) is 7.16. The molecule has 0 amide bonds. The molecule has 1 aliphatic rings. The summed E-state index contributed by atoms with van der Waals surface area (Å²) in [5.74, 6) is 0. The first kappa shape index (κ1) is 18.0. The summed E-state index contributed by atoms with van der Waals surface area (Å²) in [6, 6.07) is 29.9. The molecule has 0 radical (unpaired) electrons. The van der Waals surface area contributed by atoms with Crippen molar-refractivity contribution in [3.05, 3.63) is 107 Å². The molecule has 1 unspecified atom stereocenters. The minimum absolute atomic E-state index is 0.0810. The van der Waals surface area contributed by atoms with Gasteiger partial charge in [0.05, 0.1) is 0 Å². The van der Waals surface area contributed by atoms with Crippen LogP contribution in [0.3, 0.4) is 0 Å². The Morgan fingerprint density at radius 2 is 1.52 bits per heavy atom. The summed E-state index contributed by atoms with van der Waals surface area (Å²) in [5.41, 5.74) is 6.13. The van der Waals surface area contributed by atoms with Gasteiger partial charge in [-0.15, -0.1) is 0 Å². The molecule has 1 heterocycles. The summed E-state index contributed by atoms with van der Waals surface area (Å²) >= 11 is 3.11. The number of fused-ring (bicyclic) bond motifs is 1. The van der Waals surface area contributed by atoms with Gasteiger partial charge in [0.1, 0.15) is 0 Å². The molecule has 3 aromatic rings. The fraction of sp³-hybridized carbons (Fsp3) is 0.125. The average Bonchev–Trinajstić information content (AvgIpc) is 2.74. The molecule has 3 heteroatoms. The molecule has 0 bridgehead atoms. The van der Waals surface area contributed by atoms with Crippen molar-refractivity contribution < 1.29 is 20.6 Å². The molecule has 0 saturated heterocycles. The molecule has 27 heavy (non-hydrogen) atoms. The maximum atomic E-state index is 5.62. The van der Waals surface area contributed by atoms with Gasteiger partial charge in [-0.05, 0) is 0 Å². The van der Waals surface area contributed by atoms with Gasteiger partial charge in [-0.25, -0.2) is 0 Å². The molecule has 0 aliphatic carbocycles. The molecule has 3 aromatic carbocycles. The van der Waals surface area contributed by atoms with E-state index < -0.39 is 0 Å². The van der Waals surface area contributed by atoms with Crippen LogP contribution in [0.2, 0.25) is 0 Å². The Hall–Kier alpha value is -2.44. The summed E-state index contributed by atoms with van der Waals surface area (Å²) in [6.07, 6.45) is 2.24. The van der Waals surface area contributed by atoms with Gasteiger partial charge in [0, 0.05) is 0 Å². The summed E-state index contributed by atoms with van der Waals surface area (Å²) in [5, 5.41) is 0. The van der Waals surface area contributed by atoms with Crippen LogP contribution in [0.5, 0.6) is 0 Å². The summed E-state index contributed by atoms with van der Waals surface area (Å²) in [4.78, 5) is 2.46. The van der Waals surface area contributed by atoms with E-state index in [4.69, 9.17) is 4.74 Å². The average molecular weight is 391 g/mol. The Bertz CT molecular complexity index is 966. The van der Waals surface area contributed by atoms with Crippen LogP contribution in [0.1, 0.15) is 22.7 Å². The third-order valence-electron chi connectivity index (χ3n) is 4.90. The number of rotatable bonds is 5. The Balaban J connectivity index is 1.88. The van der Waals surface area contributed by atoms with E-state index in [9.17, 15) is 0 Å². The van der Waals surface area contributed by atoms with Gasteiger partial charge in [-0.2, -0.15) is 0 Å². The zero-order valence-corrected chi connectivity index (χ0v) is 16.5. The summed E-state index contributed by atoms with van der Waals surface area (Å²) in [6.45, 7) is 0.825. The van der Waals surface area contributed by atoms with Crippen molar-refractivity contribution >= 4 is 16.3 Å². The number of anilines is 1. The van der Waals surface area contributed by atoms with Crippen LogP contribution >= 0.6 is 0 Å². The van der Waals surface area contributed by atoms with E-state index in [1.807, 2.05) is 0 Å². The number of para-hydroxylation sites is 1. The SMILES string of the molecule is CO[C](=[Cr])C1=Cc2ccccc2N(Cc2ccccc2)C1c1ccccc1. The van der Waals surface area contributed by atoms with Gasteiger partial charge >= 0.3 is 169 Å². The molecular weight excluding hydrogens is 370 g/mol. The molecule has 1 atom stereocenters. The van der Waals surface area contributed by atoms with Gasteiger partial charge in [-0.3, -0.25) is 0 Å². The normalized spacial score (nSPS) is 15.8. The first-order valence-corrected chi connectivity index (χ1v) is 9.66. The Morgan fingerprint density at radius 1 is 0.889 bits per heavy atom. The molecule has 134 valence electrons. The quantitative estimate of drug-likeness (QED) is 0.596. The minimum atomic E-state index is 0.0810. The number of ether oxygens (including phenoxy) is 1. The zero-order chi connectivity index (χ0) is 18.6. The molecule has 0 saturated carbocycles. The van der Waals surface area contributed by atoms with E-state index in [0.29, 0.717) is 0 Å². The predicted molar refractivity (Wildman–Crippen MR) is 108 cm³/mol. The third kappa shape index (κ3) is 3.68. The molecule has 0 N–H and O–H groups in total. The van der Waals surface area contributed by atoms with Crippen LogP contribution in [0.15, 0.2) is 90.5 Å². The van der Waals surface area contributed by atoms with Crippen molar-refractivity contribution in [3.63, 3.8) is 0 Å². The monoisotopic (exact) mass is 391 g/mol. The second kappa shape index (κ2) is 8.07. The third-order valence-corrected chi connectivity index (χ3v) is 5.52. The Morgan fingerprint density at radius 3 is 2.22 bits per heavy atom. The predicted octanol–water partition coefficient (Wildman–Crippen LogP) is 5.15. The Kier molecular flexibility index (Phi) is 5.36. The number of hydrogen-bond acceptors (Lipinski definition) is 2. The standard InChI is InChI=1S/C24H21NO.Cr/c1-26-18-22-16-21-14-8-9-15-23(21)25(17-19-10-4-2-5-11-19)24(22)20-12-6-3-7-13-20;/h2-16,24H,17H2,1H3;. The number of methoxy groups -OCH3 is 1. The van der Waals surface area contributed by atoms with Crippen LogP contribution in [0.25, 0.3) is 6.08 Å². The number of hydrogen-bond donors (Lipinski definition) is 0. The van der Waals surface area contributed by atoms with E-state index in [0.717, 1.165) is 16.7 Å². The van der Waals surface area contributed by atoms with E-state index in [1.165, 1.54) is 22.4 Å². The topological polar surface area (TPSA) is 12.5 Å². The molecule has 0 spiro atoms.